The largest absolute Gasteiger partial charge is 0.497 e. The Morgan fingerprint density at radius 3 is 2.41 bits per heavy atom. The van der Waals surface area contributed by atoms with E-state index in [-0.39, 0.29) is 42.0 Å². The van der Waals surface area contributed by atoms with Gasteiger partial charge in [0.15, 0.2) is 0 Å². The number of amides is 1. The Bertz CT molecular complexity index is 958. The first-order valence-electron chi connectivity index (χ1n) is 8.21. The molecule has 1 heterocycles. The number of carbonyl (C=O) groups excluding carboxylic acids is 1. The minimum Gasteiger partial charge on any atom is -0.497 e. The maximum atomic E-state index is 12.9. The zero-order valence-electron chi connectivity index (χ0n) is 14.6. The molecule has 0 aliphatic carbocycles. The molecule has 0 bridgehead atoms. The molecule has 0 atom stereocenters. The summed E-state index contributed by atoms with van der Waals surface area (Å²) in [6.07, 6.45) is 0. The van der Waals surface area contributed by atoms with E-state index in [0.29, 0.717) is 16.3 Å². The quantitative estimate of drug-likeness (QED) is 0.749. The Balaban J connectivity index is 1.73. The van der Waals surface area contributed by atoms with Crippen molar-refractivity contribution >= 4 is 39.1 Å². The minimum atomic E-state index is -3.78. The van der Waals surface area contributed by atoms with E-state index >= 15 is 0 Å². The van der Waals surface area contributed by atoms with Crippen LogP contribution in [0.3, 0.4) is 0 Å². The molecule has 0 spiro atoms. The fourth-order valence-corrected chi connectivity index (χ4v) is 5.04. The Hall–Kier alpha value is -1.80. The SMILES string of the molecule is COc1cccc(C(=O)N2CCN(S(=O)(=O)c3cc(Cl)ccc3Cl)CC2)c1. The summed E-state index contributed by atoms with van der Waals surface area (Å²) in [5, 5.41) is 0.416. The van der Waals surface area contributed by atoms with Crippen LogP contribution < -0.4 is 4.74 Å². The lowest BCUT2D eigenvalue weighted by Crippen LogP contribution is -2.50. The molecular formula is C18H18Cl2N2O4S. The first kappa shape index (κ1) is 19.9. The molecule has 1 amide bonds. The first-order chi connectivity index (χ1) is 12.8. The van der Waals surface area contributed by atoms with E-state index < -0.39 is 10.0 Å². The molecule has 1 aliphatic rings. The van der Waals surface area contributed by atoms with Gasteiger partial charge < -0.3 is 9.64 Å². The van der Waals surface area contributed by atoms with Crippen LogP contribution in [-0.2, 0) is 10.0 Å². The molecule has 3 rings (SSSR count). The van der Waals surface area contributed by atoms with Gasteiger partial charge in [0, 0.05) is 36.8 Å². The Kier molecular flexibility index (Phi) is 5.95. The van der Waals surface area contributed by atoms with Gasteiger partial charge >= 0.3 is 0 Å². The summed E-state index contributed by atoms with van der Waals surface area (Å²) in [4.78, 5) is 14.3. The lowest BCUT2D eigenvalue weighted by atomic mass is 10.1. The maximum absolute atomic E-state index is 12.9. The first-order valence-corrected chi connectivity index (χ1v) is 10.4. The van der Waals surface area contributed by atoms with Crippen molar-refractivity contribution < 1.29 is 17.9 Å². The van der Waals surface area contributed by atoms with Gasteiger partial charge in [-0.15, -0.1) is 0 Å². The van der Waals surface area contributed by atoms with Crippen molar-refractivity contribution in [1.29, 1.82) is 0 Å². The van der Waals surface area contributed by atoms with E-state index in [0.717, 1.165) is 0 Å². The molecule has 27 heavy (non-hydrogen) atoms. The summed E-state index contributed by atoms with van der Waals surface area (Å²) in [6, 6.07) is 11.2. The average Bonchev–Trinajstić information content (AvgIpc) is 2.69. The fraction of sp³-hybridized carbons (Fsp3) is 0.278. The van der Waals surface area contributed by atoms with Gasteiger partial charge in [-0.1, -0.05) is 29.3 Å². The topological polar surface area (TPSA) is 66.9 Å². The number of halogens is 2. The number of hydrogen-bond donors (Lipinski definition) is 0. The predicted molar refractivity (Wildman–Crippen MR) is 104 cm³/mol. The fourth-order valence-electron chi connectivity index (χ4n) is 2.88. The van der Waals surface area contributed by atoms with Crippen molar-refractivity contribution in [2.24, 2.45) is 0 Å². The summed E-state index contributed by atoms with van der Waals surface area (Å²) < 4.78 is 32.2. The van der Waals surface area contributed by atoms with E-state index in [4.69, 9.17) is 27.9 Å². The van der Waals surface area contributed by atoms with Crippen LogP contribution in [-0.4, -0.2) is 56.8 Å². The summed E-state index contributed by atoms with van der Waals surface area (Å²) >= 11 is 12.0. The van der Waals surface area contributed by atoms with Crippen LogP contribution >= 0.6 is 23.2 Å². The predicted octanol–water partition coefficient (Wildman–Crippen LogP) is 3.15. The highest BCUT2D eigenvalue weighted by Gasteiger charge is 2.32. The third kappa shape index (κ3) is 4.21. The summed E-state index contributed by atoms with van der Waals surface area (Å²) in [7, 11) is -2.24. The Morgan fingerprint density at radius 1 is 1.04 bits per heavy atom. The van der Waals surface area contributed by atoms with E-state index in [1.54, 1.807) is 29.2 Å². The van der Waals surface area contributed by atoms with Crippen LogP contribution in [0.25, 0.3) is 0 Å². The van der Waals surface area contributed by atoms with Crippen LogP contribution in [0.15, 0.2) is 47.4 Å². The highest BCUT2D eigenvalue weighted by atomic mass is 35.5. The summed E-state index contributed by atoms with van der Waals surface area (Å²) in [5.41, 5.74) is 0.503. The number of nitrogens with zero attached hydrogens (tertiary/aromatic N) is 2. The molecule has 1 fully saturated rings. The number of sulfonamides is 1. The van der Waals surface area contributed by atoms with E-state index in [1.807, 2.05) is 0 Å². The van der Waals surface area contributed by atoms with Gasteiger partial charge in [0.1, 0.15) is 10.6 Å². The number of ether oxygens (including phenoxy) is 1. The number of benzene rings is 2. The smallest absolute Gasteiger partial charge is 0.254 e. The number of hydrogen-bond acceptors (Lipinski definition) is 4. The highest BCUT2D eigenvalue weighted by Crippen LogP contribution is 2.28. The summed E-state index contributed by atoms with van der Waals surface area (Å²) in [6.45, 7) is 0.933. The molecule has 0 saturated carbocycles. The van der Waals surface area contributed by atoms with Crippen LogP contribution in [0.2, 0.25) is 10.0 Å². The zero-order chi connectivity index (χ0) is 19.6. The number of piperazine rings is 1. The van der Waals surface area contributed by atoms with Crippen LogP contribution in [0, 0.1) is 0 Å². The average molecular weight is 429 g/mol. The van der Waals surface area contributed by atoms with Crippen molar-refractivity contribution in [3.63, 3.8) is 0 Å². The monoisotopic (exact) mass is 428 g/mol. The number of methoxy groups -OCH3 is 1. The molecule has 0 unspecified atom stereocenters. The van der Waals surface area contributed by atoms with E-state index in [2.05, 4.69) is 0 Å². The van der Waals surface area contributed by atoms with Crippen LogP contribution in [0.1, 0.15) is 10.4 Å². The van der Waals surface area contributed by atoms with E-state index in [1.165, 1.54) is 29.6 Å². The zero-order valence-corrected chi connectivity index (χ0v) is 16.9. The van der Waals surface area contributed by atoms with E-state index in [9.17, 15) is 13.2 Å². The lowest BCUT2D eigenvalue weighted by Gasteiger charge is -2.34. The number of carbonyl (C=O) groups is 1. The molecule has 1 saturated heterocycles. The molecule has 2 aromatic carbocycles. The molecule has 0 N–H and O–H groups in total. The molecule has 1 aliphatic heterocycles. The van der Waals surface area contributed by atoms with Crippen molar-refractivity contribution in [2.45, 2.75) is 4.90 Å². The molecule has 2 aromatic rings. The third-order valence-electron chi connectivity index (χ3n) is 4.35. The van der Waals surface area contributed by atoms with Gasteiger partial charge in [0.05, 0.1) is 12.1 Å². The van der Waals surface area contributed by atoms with Crippen LogP contribution in [0.5, 0.6) is 5.75 Å². The van der Waals surface area contributed by atoms with Crippen molar-refractivity contribution in [3.05, 3.63) is 58.1 Å². The second-order valence-corrected chi connectivity index (χ2v) is 8.75. The van der Waals surface area contributed by atoms with Gasteiger partial charge in [0.2, 0.25) is 10.0 Å². The normalized spacial score (nSPS) is 15.6. The van der Waals surface area contributed by atoms with Crippen molar-refractivity contribution in [1.82, 2.24) is 9.21 Å². The molecule has 144 valence electrons. The third-order valence-corrected chi connectivity index (χ3v) is 6.97. The van der Waals surface area contributed by atoms with Gasteiger partial charge in [-0.3, -0.25) is 4.79 Å². The minimum absolute atomic E-state index is 0.0239. The van der Waals surface area contributed by atoms with Gasteiger partial charge in [-0.2, -0.15) is 4.31 Å². The Labute approximate surface area is 168 Å². The second-order valence-electron chi connectivity index (χ2n) is 6.00. The highest BCUT2D eigenvalue weighted by molar-refractivity contribution is 7.89. The van der Waals surface area contributed by atoms with Crippen LogP contribution in [0.4, 0.5) is 0 Å². The molecular weight excluding hydrogens is 411 g/mol. The molecule has 0 radical (unpaired) electrons. The van der Waals surface area contributed by atoms with Crippen molar-refractivity contribution in [3.8, 4) is 5.75 Å². The number of rotatable bonds is 4. The van der Waals surface area contributed by atoms with Gasteiger partial charge in [-0.05, 0) is 36.4 Å². The maximum Gasteiger partial charge on any atom is 0.254 e. The lowest BCUT2D eigenvalue weighted by molar-refractivity contribution is 0.0697. The molecule has 0 aromatic heterocycles. The molecule has 9 heteroatoms. The second kappa shape index (κ2) is 8.06. The van der Waals surface area contributed by atoms with Gasteiger partial charge in [0.25, 0.3) is 5.91 Å². The Morgan fingerprint density at radius 2 is 1.74 bits per heavy atom. The van der Waals surface area contributed by atoms with Gasteiger partial charge in [-0.25, -0.2) is 8.42 Å². The molecule has 6 nitrogen and oxygen atoms in total. The van der Waals surface area contributed by atoms with Crippen molar-refractivity contribution in [2.75, 3.05) is 33.3 Å². The summed E-state index contributed by atoms with van der Waals surface area (Å²) in [5.74, 6) is 0.435. The standard InChI is InChI=1S/C18H18Cl2N2O4S/c1-26-15-4-2-3-13(11-15)18(23)21-7-9-22(10-8-21)27(24,25)17-12-14(19)5-6-16(17)20/h2-6,11-12H,7-10H2,1H3.